The molecular weight excluding hydrogens is 184 g/mol. The zero-order chi connectivity index (χ0) is 10.5. The summed E-state index contributed by atoms with van der Waals surface area (Å²) >= 11 is 0. The van der Waals surface area contributed by atoms with Gasteiger partial charge in [-0.1, -0.05) is 36.4 Å². The van der Waals surface area contributed by atoms with Gasteiger partial charge >= 0.3 is 0 Å². The molecule has 0 radical (unpaired) electrons. The first-order chi connectivity index (χ1) is 7.42. The molecule has 1 aliphatic rings. The van der Waals surface area contributed by atoms with E-state index in [0.717, 1.165) is 13.0 Å². The van der Waals surface area contributed by atoms with Crippen molar-refractivity contribution in [2.45, 2.75) is 31.3 Å². The van der Waals surface area contributed by atoms with Crippen LogP contribution in [-0.4, -0.2) is 12.7 Å². The summed E-state index contributed by atoms with van der Waals surface area (Å²) < 4.78 is 5.81. The van der Waals surface area contributed by atoms with Gasteiger partial charge in [0.2, 0.25) is 0 Å². The van der Waals surface area contributed by atoms with Crippen molar-refractivity contribution in [1.29, 1.82) is 0 Å². The molecule has 1 heteroatoms. The molecule has 0 N–H and O–H groups in total. The van der Waals surface area contributed by atoms with Crippen LogP contribution in [-0.2, 0) is 4.74 Å². The van der Waals surface area contributed by atoms with Crippen LogP contribution in [0.4, 0.5) is 0 Å². The third-order valence-electron chi connectivity index (χ3n) is 3.05. The summed E-state index contributed by atoms with van der Waals surface area (Å²) in [6.07, 6.45) is 5.99. The number of rotatable bonds is 3. The summed E-state index contributed by atoms with van der Waals surface area (Å²) in [4.78, 5) is 0. The molecule has 0 spiro atoms. The highest BCUT2D eigenvalue weighted by Crippen LogP contribution is 2.28. The van der Waals surface area contributed by atoms with Crippen LogP contribution >= 0.6 is 0 Å². The zero-order valence-corrected chi connectivity index (χ0v) is 9.06. The Kier molecular flexibility index (Phi) is 3.57. The highest BCUT2D eigenvalue weighted by Gasteiger charge is 2.23. The molecule has 1 saturated heterocycles. The third kappa shape index (κ3) is 2.48. The summed E-state index contributed by atoms with van der Waals surface area (Å²) in [5.74, 6) is 0.353. The van der Waals surface area contributed by atoms with Gasteiger partial charge in [-0.3, -0.25) is 0 Å². The van der Waals surface area contributed by atoms with E-state index in [1.807, 2.05) is 12.1 Å². The molecule has 2 rings (SSSR count). The van der Waals surface area contributed by atoms with Crippen molar-refractivity contribution < 1.29 is 4.74 Å². The van der Waals surface area contributed by atoms with Crippen LogP contribution in [0.2, 0.25) is 0 Å². The highest BCUT2D eigenvalue weighted by atomic mass is 16.5. The standard InChI is InChI=1S/C14H18O/c1-2-13(12-8-4-3-5-9-12)14-10-6-7-11-15-14/h2-5,8-9,13-14H,1,6-7,10-11H2. The van der Waals surface area contributed by atoms with E-state index in [1.165, 1.54) is 18.4 Å². The van der Waals surface area contributed by atoms with Crippen LogP contribution in [0.5, 0.6) is 0 Å². The van der Waals surface area contributed by atoms with Crippen molar-refractivity contribution in [2.75, 3.05) is 6.61 Å². The first-order valence-electron chi connectivity index (χ1n) is 5.71. The quantitative estimate of drug-likeness (QED) is 0.681. The first kappa shape index (κ1) is 10.4. The molecule has 0 aromatic heterocycles. The summed E-state index contributed by atoms with van der Waals surface area (Å²) in [5.41, 5.74) is 1.32. The summed E-state index contributed by atoms with van der Waals surface area (Å²) in [6, 6.07) is 10.5. The van der Waals surface area contributed by atoms with Crippen LogP contribution in [0.3, 0.4) is 0 Å². The van der Waals surface area contributed by atoms with Gasteiger partial charge in [-0.2, -0.15) is 0 Å². The Morgan fingerprint density at radius 1 is 1.27 bits per heavy atom. The maximum atomic E-state index is 5.81. The Morgan fingerprint density at radius 3 is 2.67 bits per heavy atom. The molecule has 15 heavy (non-hydrogen) atoms. The van der Waals surface area contributed by atoms with E-state index in [9.17, 15) is 0 Å². The Hall–Kier alpha value is -1.08. The first-order valence-corrected chi connectivity index (χ1v) is 5.71. The minimum Gasteiger partial charge on any atom is -0.377 e. The number of hydrogen-bond acceptors (Lipinski definition) is 1. The number of ether oxygens (including phenoxy) is 1. The van der Waals surface area contributed by atoms with Crippen molar-refractivity contribution in [1.82, 2.24) is 0 Å². The van der Waals surface area contributed by atoms with Crippen molar-refractivity contribution in [3.05, 3.63) is 48.6 Å². The lowest BCUT2D eigenvalue weighted by Gasteiger charge is -2.28. The molecular formula is C14H18O. The smallest absolute Gasteiger partial charge is 0.0678 e. The summed E-state index contributed by atoms with van der Waals surface area (Å²) in [7, 11) is 0. The van der Waals surface area contributed by atoms with Crippen molar-refractivity contribution in [3.63, 3.8) is 0 Å². The fourth-order valence-electron chi connectivity index (χ4n) is 2.23. The van der Waals surface area contributed by atoms with E-state index in [2.05, 4.69) is 30.8 Å². The second-order valence-electron chi connectivity index (χ2n) is 4.08. The zero-order valence-electron chi connectivity index (χ0n) is 9.06. The topological polar surface area (TPSA) is 9.23 Å². The second-order valence-corrected chi connectivity index (χ2v) is 4.08. The fourth-order valence-corrected chi connectivity index (χ4v) is 2.23. The van der Waals surface area contributed by atoms with Crippen LogP contribution in [0, 0.1) is 0 Å². The predicted molar refractivity (Wildman–Crippen MR) is 63.0 cm³/mol. The van der Waals surface area contributed by atoms with Gasteiger partial charge in [0, 0.05) is 12.5 Å². The minimum absolute atomic E-state index is 0.332. The van der Waals surface area contributed by atoms with Gasteiger partial charge in [-0.15, -0.1) is 6.58 Å². The van der Waals surface area contributed by atoms with Gasteiger partial charge in [0.1, 0.15) is 0 Å². The monoisotopic (exact) mass is 202 g/mol. The fraction of sp³-hybridized carbons (Fsp3) is 0.429. The van der Waals surface area contributed by atoms with Crippen LogP contribution in [0.1, 0.15) is 30.7 Å². The summed E-state index contributed by atoms with van der Waals surface area (Å²) in [6.45, 7) is 4.84. The lowest BCUT2D eigenvalue weighted by molar-refractivity contribution is 0.00775. The molecule has 0 bridgehead atoms. The Bertz CT molecular complexity index is 298. The lowest BCUT2D eigenvalue weighted by Crippen LogP contribution is -2.25. The maximum Gasteiger partial charge on any atom is 0.0678 e. The Balaban J connectivity index is 2.12. The van der Waals surface area contributed by atoms with Gasteiger partial charge in [0.05, 0.1) is 6.10 Å². The van der Waals surface area contributed by atoms with Gasteiger partial charge < -0.3 is 4.74 Å². The van der Waals surface area contributed by atoms with E-state index in [1.54, 1.807) is 0 Å². The molecule has 0 aliphatic carbocycles. The molecule has 2 atom stereocenters. The Morgan fingerprint density at radius 2 is 2.07 bits per heavy atom. The second kappa shape index (κ2) is 5.13. The lowest BCUT2D eigenvalue weighted by atomic mass is 9.89. The normalized spacial score (nSPS) is 23.3. The summed E-state index contributed by atoms with van der Waals surface area (Å²) in [5, 5.41) is 0. The largest absolute Gasteiger partial charge is 0.377 e. The van der Waals surface area contributed by atoms with E-state index in [0.29, 0.717) is 12.0 Å². The molecule has 2 unspecified atom stereocenters. The van der Waals surface area contributed by atoms with Gasteiger partial charge in [-0.05, 0) is 24.8 Å². The van der Waals surface area contributed by atoms with Crippen molar-refractivity contribution in [2.24, 2.45) is 0 Å². The Labute approximate surface area is 91.8 Å². The molecule has 1 heterocycles. The van der Waals surface area contributed by atoms with Crippen LogP contribution in [0.15, 0.2) is 43.0 Å². The van der Waals surface area contributed by atoms with Gasteiger partial charge in [0.25, 0.3) is 0 Å². The molecule has 0 amide bonds. The van der Waals surface area contributed by atoms with Gasteiger partial charge in [0.15, 0.2) is 0 Å². The minimum atomic E-state index is 0.332. The van der Waals surface area contributed by atoms with E-state index in [4.69, 9.17) is 4.74 Å². The molecule has 1 aromatic rings. The average Bonchev–Trinajstić information content (AvgIpc) is 2.33. The molecule has 1 aliphatic heterocycles. The van der Waals surface area contributed by atoms with Gasteiger partial charge in [-0.25, -0.2) is 0 Å². The van der Waals surface area contributed by atoms with Crippen LogP contribution in [0.25, 0.3) is 0 Å². The number of benzene rings is 1. The van der Waals surface area contributed by atoms with Crippen molar-refractivity contribution >= 4 is 0 Å². The van der Waals surface area contributed by atoms with Crippen molar-refractivity contribution in [3.8, 4) is 0 Å². The van der Waals surface area contributed by atoms with E-state index >= 15 is 0 Å². The SMILES string of the molecule is C=CC(c1ccccc1)C1CCCCO1. The van der Waals surface area contributed by atoms with E-state index in [-0.39, 0.29) is 0 Å². The maximum absolute atomic E-state index is 5.81. The highest BCUT2D eigenvalue weighted by molar-refractivity contribution is 5.24. The third-order valence-corrected chi connectivity index (χ3v) is 3.05. The number of hydrogen-bond donors (Lipinski definition) is 0. The van der Waals surface area contributed by atoms with Crippen LogP contribution < -0.4 is 0 Å². The molecule has 80 valence electrons. The predicted octanol–water partition coefficient (Wildman–Crippen LogP) is 3.53. The average molecular weight is 202 g/mol. The molecule has 1 nitrogen and oxygen atoms in total. The molecule has 0 saturated carbocycles. The van der Waals surface area contributed by atoms with E-state index < -0.39 is 0 Å². The molecule has 1 aromatic carbocycles. The molecule has 1 fully saturated rings.